The molecular formula is C19H28N4O2. The van der Waals surface area contributed by atoms with E-state index in [1.165, 1.54) is 0 Å². The molecule has 136 valence electrons. The SMILES string of the molecule is COCC(=O)N1CCC[C@H](c2nc3ccccn3c2NC(C)(C)C)C1. The molecule has 3 rings (SSSR count). The highest BCUT2D eigenvalue weighted by Crippen LogP contribution is 2.33. The molecule has 3 heterocycles. The Balaban J connectivity index is 1.94. The lowest BCUT2D eigenvalue weighted by Gasteiger charge is -2.33. The molecule has 0 aromatic carbocycles. The summed E-state index contributed by atoms with van der Waals surface area (Å²) in [5.41, 5.74) is 1.92. The van der Waals surface area contributed by atoms with Gasteiger partial charge in [-0.05, 0) is 45.7 Å². The Morgan fingerprint density at radius 3 is 2.92 bits per heavy atom. The summed E-state index contributed by atoms with van der Waals surface area (Å²) in [5.74, 6) is 1.33. The lowest BCUT2D eigenvalue weighted by molar-refractivity contribution is -0.136. The Hall–Kier alpha value is -2.08. The van der Waals surface area contributed by atoms with Gasteiger partial charge in [-0.25, -0.2) is 4.98 Å². The molecule has 1 fully saturated rings. The predicted molar refractivity (Wildman–Crippen MR) is 99.0 cm³/mol. The van der Waals surface area contributed by atoms with E-state index < -0.39 is 0 Å². The number of hydrogen-bond acceptors (Lipinski definition) is 4. The second-order valence-electron chi connectivity index (χ2n) is 7.76. The summed E-state index contributed by atoms with van der Waals surface area (Å²) in [6, 6.07) is 6.04. The van der Waals surface area contributed by atoms with E-state index in [0.717, 1.165) is 36.5 Å². The van der Waals surface area contributed by atoms with Gasteiger partial charge >= 0.3 is 0 Å². The number of hydrogen-bond donors (Lipinski definition) is 1. The van der Waals surface area contributed by atoms with Crippen LogP contribution in [0.5, 0.6) is 0 Å². The zero-order chi connectivity index (χ0) is 18.0. The van der Waals surface area contributed by atoms with Crippen molar-refractivity contribution in [3.63, 3.8) is 0 Å². The molecule has 6 nitrogen and oxygen atoms in total. The number of pyridine rings is 1. The molecular weight excluding hydrogens is 316 g/mol. The number of piperidine rings is 1. The summed E-state index contributed by atoms with van der Waals surface area (Å²) >= 11 is 0. The number of amides is 1. The molecule has 25 heavy (non-hydrogen) atoms. The van der Waals surface area contributed by atoms with E-state index in [-0.39, 0.29) is 24.0 Å². The Kier molecular flexibility index (Phi) is 4.99. The summed E-state index contributed by atoms with van der Waals surface area (Å²) < 4.78 is 7.12. The number of rotatable bonds is 4. The number of fused-ring (bicyclic) bond motifs is 1. The highest BCUT2D eigenvalue weighted by molar-refractivity contribution is 5.77. The van der Waals surface area contributed by atoms with Crippen molar-refractivity contribution in [2.24, 2.45) is 0 Å². The highest BCUT2D eigenvalue weighted by Gasteiger charge is 2.30. The molecule has 0 aliphatic carbocycles. The number of carbonyl (C=O) groups excluding carboxylic acids is 1. The van der Waals surface area contributed by atoms with Gasteiger partial charge in [0.05, 0.1) is 5.69 Å². The number of nitrogens with one attached hydrogen (secondary N) is 1. The molecule has 1 aliphatic rings. The number of likely N-dealkylation sites (tertiary alicyclic amines) is 1. The first kappa shape index (κ1) is 17.7. The molecule has 1 N–H and O–H groups in total. The number of imidazole rings is 1. The van der Waals surface area contributed by atoms with Crippen LogP contribution in [0, 0.1) is 0 Å². The topological polar surface area (TPSA) is 58.9 Å². The van der Waals surface area contributed by atoms with Gasteiger partial charge in [-0.1, -0.05) is 6.07 Å². The van der Waals surface area contributed by atoms with Crippen LogP contribution in [0.1, 0.15) is 45.2 Å². The van der Waals surface area contributed by atoms with Gasteiger partial charge < -0.3 is 15.0 Å². The van der Waals surface area contributed by atoms with Crippen LogP contribution >= 0.6 is 0 Å². The number of carbonyl (C=O) groups is 1. The summed E-state index contributed by atoms with van der Waals surface area (Å²) in [6.45, 7) is 8.08. The number of ether oxygens (including phenoxy) is 1. The Morgan fingerprint density at radius 2 is 2.20 bits per heavy atom. The molecule has 1 amide bonds. The van der Waals surface area contributed by atoms with Gasteiger partial charge in [-0.15, -0.1) is 0 Å². The van der Waals surface area contributed by atoms with Crippen molar-refractivity contribution in [2.75, 3.05) is 32.1 Å². The van der Waals surface area contributed by atoms with E-state index in [0.29, 0.717) is 6.54 Å². The molecule has 6 heteroatoms. The van der Waals surface area contributed by atoms with Crippen LogP contribution in [-0.4, -0.2) is 52.5 Å². The number of nitrogens with zero attached hydrogens (tertiary/aromatic N) is 3. The van der Waals surface area contributed by atoms with E-state index in [1.54, 1.807) is 7.11 Å². The molecule has 2 aromatic heterocycles. The zero-order valence-electron chi connectivity index (χ0n) is 15.6. The van der Waals surface area contributed by atoms with Gasteiger partial charge in [0.2, 0.25) is 5.91 Å². The third-order valence-corrected chi connectivity index (χ3v) is 4.48. The van der Waals surface area contributed by atoms with Gasteiger partial charge in [0.1, 0.15) is 18.1 Å². The molecule has 0 saturated carbocycles. The summed E-state index contributed by atoms with van der Waals surface area (Å²) in [5, 5.41) is 3.61. The molecule has 0 radical (unpaired) electrons. The third-order valence-electron chi connectivity index (χ3n) is 4.48. The second-order valence-corrected chi connectivity index (χ2v) is 7.76. The van der Waals surface area contributed by atoms with Crippen LogP contribution in [0.15, 0.2) is 24.4 Å². The average Bonchev–Trinajstić information content (AvgIpc) is 2.92. The quantitative estimate of drug-likeness (QED) is 0.926. The summed E-state index contributed by atoms with van der Waals surface area (Å²) in [6.07, 6.45) is 4.07. The maximum absolute atomic E-state index is 12.2. The number of methoxy groups -OCH3 is 1. The van der Waals surface area contributed by atoms with Crippen LogP contribution in [0.2, 0.25) is 0 Å². The third kappa shape index (κ3) is 3.95. The van der Waals surface area contributed by atoms with Crippen molar-refractivity contribution in [3.8, 4) is 0 Å². The average molecular weight is 344 g/mol. The minimum atomic E-state index is -0.0687. The van der Waals surface area contributed by atoms with E-state index in [1.807, 2.05) is 29.3 Å². The fraction of sp³-hybridized carbons (Fsp3) is 0.579. The molecule has 1 atom stereocenters. The normalized spacial score (nSPS) is 18.6. The first-order valence-corrected chi connectivity index (χ1v) is 8.91. The second kappa shape index (κ2) is 7.04. The predicted octanol–water partition coefficient (Wildman–Crippen LogP) is 2.90. The fourth-order valence-electron chi connectivity index (χ4n) is 3.42. The number of aromatic nitrogens is 2. The molecule has 0 bridgehead atoms. The maximum atomic E-state index is 12.2. The lowest BCUT2D eigenvalue weighted by Crippen LogP contribution is -2.41. The minimum Gasteiger partial charge on any atom is -0.375 e. The summed E-state index contributed by atoms with van der Waals surface area (Å²) in [4.78, 5) is 19.0. The van der Waals surface area contributed by atoms with Gasteiger partial charge in [0.25, 0.3) is 0 Å². The number of anilines is 1. The molecule has 0 unspecified atom stereocenters. The van der Waals surface area contributed by atoms with Crippen LogP contribution < -0.4 is 5.32 Å². The Morgan fingerprint density at radius 1 is 1.40 bits per heavy atom. The monoisotopic (exact) mass is 344 g/mol. The maximum Gasteiger partial charge on any atom is 0.248 e. The molecule has 1 saturated heterocycles. The molecule has 2 aromatic rings. The first-order chi connectivity index (χ1) is 11.9. The standard InChI is InChI=1S/C19H28N4O2/c1-19(2,3)21-18-17(20-15-9-5-6-11-23(15)18)14-8-7-10-22(12-14)16(24)13-25-4/h5-6,9,11,14,21H,7-8,10,12-13H2,1-4H3/t14-/m0/s1. The largest absolute Gasteiger partial charge is 0.375 e. The van der Waals surface area contributed by atoms with Gasteiger partial charge in [0, 0.05) is 37.9 Å². The zero-order valence-corrected chi connectivity index (χ0v) is 15.6. The van der Waals surface area contributed by atoms with Crippen LogP contribution in [0.3, 0.4) is 0 Å². The van der Waals surface area contributed by atoms with Gasteiger partial charge in [0.15, 0.2) is 0 Å². The summed E-state index contributed by atoms with van der Waals surface area (Å²) in [7, 11) is 1.56. The minimum absolute atomic E-state index is 0.0568. The van der Waals surface area contributed by atoms with E-state index in [4.69, 9.17) is 9.72 Å². The highest BCUT2D eigenvalue weighted by atomic mass is 16.5. The van der Waals surface area contributed by atoms with Crippen molar-refractivity contribution in [1.82, 2.24) is 14.3 Å². The van der Waals surface area contributed by atoms with Crippen molar-refractivity contribution in [1.29, 1.82) is 0 Å². The molecule has 0 spiro atoms. The molecule has 1 aliphatic heterocycles. The van der Waals surface area contributed by atoms with E-state index in [2.05, 4.69) is 30.5 Å². The van der Waals surface area contributed by atoms with Crippen molar-refractivity contribution >= 4 is 17.4 Å². The Labute approximate surface area is 149 Å². The van der Waals surface area contributed by atoms with Crippen LogP contribution in [0.25, 0.3) is 5.65 Å². The van der Waals surface area contributed by atoms with Crippen molar-refractivity contribution in [3.05, 3.63) is 30.1 Å². The van der Waals surface area contributed by atoms with Crippen LogP contribution in [0.4, 0.5) is 5.82 Å². The lowest BCUT2D eigenvalue weighted by atomic mass is 9.94. The van der Waals surface area contributed by atoms with E-state index in [9.17, 15) is 4.79 Å². The Bertz CT molecular complexity index is 747. The van der Waals surface area contributed by atoms with Gasteiger partial charge in [-0.2, -0.15) is 0 Å². The fourth-order valence-corrected chi connectivity index (χ4v) is 3.42. The smallest absolute Gasteiger partial charge is 0.248 e. The van der Waals surface area contributed by atoms with Gasteiger partial charge in [-0.3, -0.25) is 9.20 Å². The van der Waals surface area contributed by atoms with Crippen molar-refractivity contribution < 1.29 is 9.53 Å². The first-order valence-electron chi connectivity index (χ1n) is 8.91. The van der Waals surface area contributed by atoms with E-state index >= 15 is 0 Å². The van der Waals surface area contributed by atoms with Crippen molar-refractivity contribution in [2.45, 2.75) is 45.1 Å². The van der Waals surface area contributed by atoms with Crippen LogP contribution in [-0.2, 0) is 9.53 Å².